The van der Waals surface area contributed by atoms with E-state index in [4.69, 9.17) is 24.9 Å². The fourth-order valence-electron chi connectivity index (χ4n) is 8.61. The minimum atomic E-state index is 0.488. The Balaban J connectivity index is 1.08. The predicted octanol–water partition coefficient (Wildman–Crippen LogP) is 12.7. The third-order valence-corrected chi connectivity index (χ3v) is 11.4. The van der Waals surface area contributed by atoms with Crippen LogP contribution in [-0.2, 0) is 0 Å². The van der Waals surface area contributed by atoms with Crippen LogP contribution in [0.25, 0.3) is 112 Å². The molecule has 0 N–H and O–H groups in total. The Bertz CT molecular complexity index is 3560. The van der Waals surface area contributed by atoms with Gasteiger partial charge in [0, 0.05) is 27.9 Å². The minimum absolute atomic E-state index is 0.488. The van der Waals surface area contributed by atoms with Gasteiger partial charge in [-0.15, -0.1) is 0 Å². The van der Waals surface area contributed by atoms with E-state index in [1.54, 1.807) is 0 Å². The van der Waals surface area contributed by atoms with Gasteiger partial charge in [-0.2, -0.15) is 9.97 Å². The van der Waals surface area contributed by atoms with Gasteiger partial charge in [-0.05, 0) is 86.9 Å². The van der Waals surface area contributed by atoms with Crippen LogP contribution in [0, 0.1) is 0 Å². The zero-order valence-corrected chi connectivity index (χ0v) is 32.2. The van der Waals surface area contributed by atoms with Gasteiger partial charge in [-0.3, -0.25) is 9.13 Å². The summed E-state index contributed by atoms with van der Waals surface area (Å²) >= 11 is 0. The van der Waals surface area contributed by atoms with E-state index >= 15 is 0 Å². The summed E-state index contributed by atoms with van der Waals surface area (Å²) in [4.78, 5) is 26.0. The maximum atomic E-state index is 5.28. The Morgan fingerprint density at radius 1 is 0.283 bits per heavy atom. The highest BCUT2D eigenvalue weighted by Gasteiger charge is 2.21. The standard InChI is InChI=1S/C53H33N7/c1-3-15-35(16-4-1)51-54-45-23-11-13-25-47(45)59(51)38-30-27-34(28-31-38)49-56-50(37-29-32-43-41-21-8-7-19-39(41)40-20-9-10-22-42(40)44(43)33-37)58-53(57-49)60-48-26-14-12-24-46(48)55-52(60)36-17-5-2-6-18-36/h1-33H. The van der Waals surface area contributed by atoms with E-state index in [1.807, 2.05) is 60.7 Å². The molecule has 0 spiro atoms. The zero-order chi connectivity index (χ0) is 39.6. The normalized spacial score (nSPS) is 11.7. The molecule has 280 valence electrons. The summed E-state index contributed by atoms with van der Waals surface area (Å²) in [5.41, 5.74) is 8.48. The van der Waals surface area contributed by atoms with Crippen molar-refractivity contribution in [3.8, 4) is 57.2 Å². The number of fused-ring (bicyclic) bond motifs is 8. The van der Waals surface area contributed by atoms with Crippen molar-refractivity contribution in [2.45, 2.75) is 0 Å². The van der Waals surface area contributed by atoms with Crippen LogP contribution < -0.4 is 0 Å². The molecule has 0 saturated heterocycles. The highest BCUT2D eigenvalue weighted by molar-refractivity contribution is 6.25. The van der Waals surface area contributed by atoms with Crippen molar-refractivity contribution in [2.24, 2.45) is 0 Å². The molecule has 60 heavy (non-hydrogen) atoms. The monoisotopic (exact) mass is 767 g/mol. The first kappa shape index (κ1) is 33.8. The highest BCUT2D eigenvalue weighted by Crippen LogP contribution is 2.38. The molecule has 9 aromatic carbocycles. The Hall–Kier alpha value is -8.29. The van der Waals surface area contributed by atoms with E-state index in [0.717, 1.165) is 67.0 Å². The van der Waals surface area contributed by atoms with Crippen LogP contribution >= 0.6 is 0 Å². The Morgan fingerprint density at radius 3 is 1.30 bits per heavy atom. The van der Waals surface area contributed by atoms with Crippen LogP contribution in [0.3, 0.4) is 0 Å². The van der Waals surface area contributed by atoms with Gasteiger partial charge in [0.1, 0.15) is 11.6 Å². The molecule has 7 nitrogen and oxygen atoms in total. The molecule has 0 radical (unpaired) electrons. The van der Waals surface area contributed by atoms with E-state index in [-0.39, 0.29) is 0 Å². The summed E-state index contributed by atoms with van der Waals surface area (Å²) in [7, 11) is 0. The molecule has 12 rings (SSSR count). The molecular weight excluding hydrogens is 735 g/mol. The molecule has 0 atom stereocenters. The van der Waals surface area contributed by atoms with Crippen LogP contribution in [0.15, 0.2) is 200 Å². The molecule has 0 aliphatic rings. The Kier molecular flexibility index (Phi) is 7.71. The number of aromatic nitrogens is 7. The number of hydrogen-bond acceptors (Lipinski definition) is 5. The van der Waals surface area contributed by atoms with Gasteiger partial charge in [0.2, 0.25) is 5.95 Å². The van der Waals surface area contributed by atoms with Gasteiger partial charge in [0.05, 0.1) is 22.1 Å². The lowest BCUT2D eigenvalue weighted by Gasteiger charge is -2.14. The Labute approximate surface area is 344 Å². The van der Waals surface area contributed by atoms with E-state index in [0.29, 0.717) is 17.6 Å². The van der Waals surface area contributed by atoms with Crippen molar-refractivity contribution in [1.82, 2.24) is 34.1 Å². The number of para-hydroxylation sites is 4. The highest BCUT2D eigenvalue weighted by atomic mass is 15.2. The average molecular weight is 768 g/mol. The zero-order valence-electron chi connectivity index (χ0n) is 32.2. The first-order valence-corrected chi connectivity index (χ1v) is 20.0. The van der Waals surface area contributed by atoms with Crippen LogP contribution in [0.4, 0.5) is 0 Å². The number of hydrogen-bond donors (Lipinski definition) is 0. The second-order valence-electron chi connectivity index (χ2n) is 14.9. The molecule has 0 aliphatic heterocycles. The largest absolute Gasteiger partial charge is 0.292 e. The van der Waals surface area contributed by atoms with Crippen LogP contribution in [0.5, 0.6) is 0 Å². The fraction of sp³-hybridized carbons (Fsp3) is 0. The number of imidazole rings is 2. The van der Waals surface area contributed by atoms with Crippen molar-refractivity contribution in [3.05, 3.63) is 200 Å². The van der Waals surface area contributed by atoms with Crippen LogP contribution in [0.2, 0.25) is 0 Å². The first-order chi connectivity index (χ1) is 29.7. The van der Waals surface area contributed by atoms with Gasteiger partial charge in [-0.25, -0.2) is 15.0 Å². The lowest BCUT2D eigenvalue weighted by Crippen LogP contribution is -2.08. The molecule has 12 aromatic rings. The third kappa shape index (κ3) is 5.48. The van der Waals surface area contributed by atoms with Gasteiger partial charge in [-0.1, -0.05) is 146 Å². The molecule has 0 unspecified atom stereocenters. The summed E-state index contributed by atoms with van der Waals surface area (Å²) in [6.45, 7) is 0. The fourth-order valence-corrected chi connectivity index (χ4v) is 8.61. The van der Waals surface area contributed by atoms with E-state index < -0.39 is 0 Å². The van der Waals surface area contributed by atoms with Crippen molar-refractivity contribution in [1.29, 1.82) is 0 Å². The molecule has 3 aromatic heterocycles. The van der Waals surface area contributed by atoms with Crippen molar-refractivity contribution < 1.29 is 0 Å². The van der Waals surface area contributed by atoms with Gasteiger partial charge in [0.15, 0.2) is 11.6 Å². The third-order valence-electron chi connectivity index (χ3n) is 11.4. The van der Waals surface area contributed by atoms with Crippen molar-refractivity contribution in [2.75, 3.05) is 0 Å². The van der Waals surface area contributed by atoms with Crippen LogP contribution in [-0.4, -0.2) is 34.1 Å². The molecule has 0 fully saturated rings. The number of benzene rings is 9. The van der Waals surface area contributed by atoms with Gasteiger partial charge >= 0.3 is 0 Å². The summed E-state index contributed by atoms with van der Waals surface area (Å²) in [6.07, 6.45) is 0. The summed E-state index contributed by atoms with van der Waals surface area (Å²) in [6, 6.07) is 69.2. The van der Waals surface area contributed by atoms with Crippen LogP contribution in [0.1, 0.15) is 0 Å². The van der Waals surface area contributed by atoms with E-state index in [9.17, 15) is 0 Å². The lowest BCUT2D eigenvalue weighted by atomic mass is 9.93. The summed E-state index contributed by atoms with van der Waals surface area (Å²) in [5.74, 6) is 3.25. The minimum Gasteiger partial charge on any atom is -0.292 e. The summed E-state index contributed by atoms with van der Waals surface area (Å²) in [5, 5.41) is 7.19. The number of nitrogens with zero attached hydrogens (tertiary/aromatic N) is 7. The second-order valence-corrected chi connectivity index (χ2v) is 14.9. The lowest BCUT2D eigenvalue weighted by molar-refractivity contribution is 0.929. The molecule has 0 bridgehead atoms. The molecule has 0 aliphatic carbocycles. The predicted molar refractivity (Wildman–Crippen MR) is 243 cm³/mol. The maximum Gasteiger partial charge on any atom is 0.240 e. The maximum absolute atomic E-state index is 5.28. The molecule has 0 saturated carbocycles. The first-order valence-electron chi connectivity index (χ1n) is 20.0. The van der Waals surface area contributed by atoms with Crippen molar-refractivity contribution in [3.63, 3.8) is 0 Å². The van der Waals surface area contributed by atoms with Gasteiger partial charge in [0.25, 0.3) is 0 Å². The SMILES string of the molecule is c1ccc(-c2nc3ccccc3n2-c2ccc(-c3nc(-c4ccc5c6ccccc6c6ccccc6c5c4)nc(-n4c(-c5ccccc5)nc5ccccc54)n3)cc2)cc1. The molecule has 7 heteroatoms. The number of rotatable bonds is 6. The van der Waals surface area contributed by atoms with Crippen molar-refractivity contribution >= 4 is 54.4 Å². The Morgan fingerprint density at radius 2 is 0.717 bits per heavy atom. The van der Waals surface area contributed by atoms with Gasteiger partial charge < -0.3 is 0 Å². The summed E-state index contributed by atoms with van der Waals surface area (Å²) < 4.78 is 4.27. The second kappa shape index (κ2) is 13.7. The topological polar surface area (TPSA) is 74.3 Å². The molecular formula is C53H33N7. The average Bonchev–Trinajstić information content (AvgIpc) is 3.92. The molecule has 0 amide bonds. The molecule has 3 heterocycles. The van der Waals surface area contributed by atoms with E-state index in [1.165, 1.54) is 26.9 Å². The quantitative estimate of drug-likeness (QED) is 0.158. The smallest absolute Gasteiger partial charge is 0.240 e. The van der Waals surface area contributed by atoms with E-state index in [2.05, 4.69) is 149 Å².